The van der Waals surface area contributed by atoms with Gasteiger partial charge in [0.25, 0.3) is 5.91 Å². The smallest absolute Gasteiger partial charge is 0.460 e. The Balaban J connectivity index is 2.34. The number of hydroxylamine groups is 1. The Morgan fingerprint density at radius 1 is 0.725 bits per heavy atom. The van der Waals surface area contributed by atoms with E-state index >= 15 is 8.78 Å². The summed E-state index contributed by atoms with van der Waals surface area (Å²) in [5, 5.41) is 11.0. The number of methoxy groups -OCH3 is 1. The lowest BCUT2D eigenvalue weighted by atomic mass is 9.88. The fraction of sp³-hybridized carbons (Fsp3) is 0.600. The van der Waals surface area contributed by atoms with Crippen molar-refractivity contribution in [3.05, 3.63) is 71.3 Å². The van der Waals surface area contributed by atoms with E-state index in [4.69, 9.17) is 23.8 Å². The largest absolute Gasteiger partial charge is 0.491 e. The summed E-state index contributed by atoms with van der Waals surface area (Å²) in [7, 11) is -2.85. The van der Waals surface area contributed by atoms with Gasteiger partial charge < -0.3 is 18.6 Å². The van der Waals surface area contributed by atoms with Gasteiger partial charge in [-0.3, -0.25) is 15.3 Å². The SMILES string of the molecule is CO[C@@H](CC/C=C(\C)C(=O)NO)[C@@H](OC(=O)Nc1ccc(F)cc1F)c1ccc(OCCO[Si](CCC(F)(F)C(F)(F)C(F)(F)C(F)(F)C(F)(F)C(F)(F)C(F)(F)C(F)(F)F)(C(C)C)C(C)C)cc1. The van der Waals surface area contributed by atoms with E-state index in [9.17, 15) is 84.2 Å². The number of hydrogen-bond donors (Lipinski definition) is 3. The van der Waals surface area contributed by atoms with E-state index in [2.05, 4.69) is 5.32 Å². The average Bonchev–Trinajstić information content (AvgIpc) is 3.24. The lowest BCUT2D eigenvalue weighted by molar-refractivity contribution is -0.461. The Bertz CT molecular complexity index is 2060. The van der Waals surface area contributed by atoms with Crippen molar-refractivity contribution >= 4 is 26.0 Å². The molecule has 0 saturated carbocycles. The van der Waals surface area contributed by atoms with Crippen LogP contribution in [0.2, 0.25) is 17.1 Å². The summed E-state index contributed by atoms with van der Waals surface area (Å²) in [4.78, 5) is 24.6. The zero-order valence-corrected chi connectivity index (χ0v) is 37.7. The number of benzene rings is 2. The van der Waals surface area contributed by atoms with Gasteiger partial charge in [-0.25, -0.2) is 19.1 Å². The number of rotatable bonds is 25. The first-order chi connectivity index (χ1) is 31.3. The molecule has 0 aliphatic rings. The van der Waals surface area contributed by atoms with Crippen LogP contribution in [0, 0.1) is 11.6 Å². The van der Waals surface area contributed by atoms with E-state index in [1.165, 1.54) is 77.6 Å². The van der Waals surface area contributed by atoms with Crippen LogP contribution < -0.4 is 15.5 Å². The predicted octanol–water partition coefficient (Wildman–Crippen LogP) is 13.1. The number of carbonyl (C=O) groups is 2. The third kappa shape index (κ3) is 12.5. The molecule has 2 aromatic rings. The molecule has 2 aromatic carbocycles. The van der Waals surface area contributed by atoms with Crippen LogP contribution in [0.1, 0.15) is 65.5 Å². The summed E-state index contributed by atoms with van der Waals surface area (Å²) in [5.74, 6) is -60.0. The molecule has 0 aliphatic carbocycles. The van der Waals surface area contributed by atoms with Crippen LogP contribution in [0.4, 0.5) is 93.9 Å². The summed E-state index contributed by atoms with van der Waals surface area (Å²) in [6, 6.07) is 6.08. The first kappa shape index (κ1) is 60.6. The highest BCUT2D eigenvalue weighted by Gasteiger charge is 2.95. The number of anilines is 1. The summed E-state index contributed by atoms with van der Waals surface area (Å²) in [5.41, 5.74) is -0.622. The molecule has 0 radical (unpaired) electrons. The molecule has 0 saturated heterocycles. The second kappa shape index (κ2) is 22.3. The van der Waals surface area contributed by atoms with E-state index in [1.54, 1.807) is 0 Å². The zero-order valence-electron chi connectivity index (χ0n) is 36.7. The van der Waals surface area contributed by atoms with Crippen molar-refractivity contribution in [3.8, 4) is 5.75 Å². The number of allylic oxidation sites excluding steroid dienone is 1. The number of carbonyl (C=O) groups excluding carboxylic acids is 2. The summed E-state index contributed by atoms with van der Waals surface area (Å²) >= 11 is 0. The number of alkyl halides is 17. The Kier molecular flexibility index (Phi) is 19.6. The second-order valence-electron chi connectivity index (χ2n) is 15.9. The minimum Gasteiger partial charge on any atom is -0.491 e. The Morgan fingerprint density at radius 3 is 1.70 bits per heavy atom. The number of halogens is 19. The van der Waals surface area contributed by atoms with Crippen LogP contribution in [-0.2, 0) is 18.7 Å². The molecule has 0 aliphatic heterocycles. The molecule has 9 nitrogen and oxygen atoms in total. The molecule has 394 valence electrons. The molecule has 0 aromatic heterocycles. The zero-order chi connectivity index (χ0) is 53.6. The maximum Gasteiger partial charge on any atom is 0.460 e. The van der Waals surface area contributed by atoms with E-state index in [0.717, 1.165) is 12.1 Å². The second-order valence-corrected chi connectivity index (χ2v) is 20.9. The van der Waals surface area contributed by atoms with Crippen LogP contribution in [0.25, 0.3) is 0 Å². The van der Waals surface area contributed by atoms with Crippen LogP contribution >= 0.6 is 0 Å². The number of amides is 2. The number of hydrogen-bond acceptors (Lipinski definition) is 7. The topological polar surface area (TPSA) is 115 Å². The highest BCUT2D eigenvalue weighted by Crippen LogP contribution is 2.64. The Labute approximate surface area is 381 Å². The van der Waals surface area contributed by atoms with Crippen molar-refractivity contribution < 1.29 is 117 Å². The molecule has 0 fully saturated rings. The van der Waals surface area contributed by atoms with E-state index in [-0.39, 0.29) is 29.7 Å². The summed E-state index contributed by atoms with van der Waals surface area (Å²) in [6.07, 6.45) is -12.5. The molecule has 0 spiro atoms. The molecule has 0 unspecified atom stereocenters. The molecule has 0 heterocycles. The highest BCUT2D eigenvalue weighted by atomic mass is 28.4. The molecular formula is C40H45F19N2O7Si. The van der Waals surface area contributed by atoms with Crippen molar-refractivity contribution in [2.75, 3.05) is 25.6 Å². The van der Waals surface area contributed by atoms with Gasteiger partial charge in [-0.1, -0.05) is 45.9 Å². The fourth-order valence-corrected chi connectivity index (χ4v) is 11.2. The van der Waals surface area contributed by atoms with Gasteiger partial charge in [0.15, 0.2) is 14.4 Å². The van der Waals surface area contributed by atoms with Gasteiger partial charge in [-0.15, -0.1) is 0 Å². The lowest BCUT2D eigenvalue weighted by Gasteiger charge is -2.44. The number of nitrogens with one attached hydrogen (secondary N) is 2. The maximum absolute atomic E-state index is 15.0. The summed E-state index contributed by atoms with van der Waals surface area (Å²) in [6.45, 7) is 5.38. The van der Waals surface area contributed by atoms with Crippen LogP contribution in [0.3, 0.4) is 0 Å². The monoisotopic (exact) mass is 1050 g/mol. The standard InChI is InChI=1S/C40H45F19N2O7Si/c1-21(2)69(22(3)4,19-16-33(43,44)34(45,46)35(47,48)36(49,50)37(51,52)38(53,54)39(55,56)40(57,58)59)67-18-17-66-26-13-10-24(11-14-26)30(29(65-6)9-7-8-23(5)31(62)61-64)68-32(63)60-28-15-12-25(41)20-27(28)42/h8,10-15,20-22,29-30,64H,7,9,16-19H2,1-6H3,(H,60,63)(H,61,62)/b23-8+/t29-,30-/m0/s1. The molecule has 29 heteroatoms. The third-order valence-electron chi connectivity index (χ3n) is 10.9. The van der Waals surface area contributed by atoms with Gasteiger partial charge in [0.2, 0.25) is 0 Å². The Hall–Kier alpha value is -4.51. The summed E-state index contributed by atoms with van der Waals surface area (Å²) < 4.78 is 286. The van der Waals surface area contributed by atoms with Crippen molar-refractivity contribution in [1.29, 1.82) is 0 Å². The first-order valence-electron chi connectivity index (χ1n) is 19.9. The van der Waals surface area contributed by atoms with Crippen molar-refractivity contribution in [2.45, 2.75) is 131 Å². The van der Waals surface area contributed by atoms with Gasteiger partial charge in [-0.2, -0.15) is 74.6 Å². The van der Waals surface area contributed by atoms with Gasteiger partial charge >= 0.3 is 53.7 Å². The third-order valence-corrected chi connectivity index (χ3v) is 16.6. The lowest BCUT2D eigenvalue weighted by Crippen LogP contribution is -2.74. The molecular weight excluding hydrogens is 1010 g/mol. The molecule has 2 amide bonds. The quantitative estimate of drug-likeness (QED) is 0.0227. The van der Waals surface area contributed by atoms with Gasteiger partial charge in [0.1, 0.15) is 24.0 Å². The fourth-order valence-electron chi connectivity index (χ4n) is 6.74. The van der Waals surface area contributed by atoms with E-state index in [0.29, 0.717) is 6.07 Å². The van der Waals surface area contributed by atoms with E-state index in [1.807, 2.05) is 0 Å². The molecule has 3 N–H and O–H groups in total. The molecule has 2 rings (SSSR count). The minimum absolute atomic E-state index is 0.00699. The van der Waals surface area contributed by atoms with Crippen molar-refractivity contribution in [2.24, 2.45) is 0 Å². The van der Waals surface area contributed by atoms with Gasteiger partial charge in [0.05, 0.1) is 18.4 Å². The number of ether oxygens (including phenoxy) is 3. The van der Waals surface area contributed by atoms with Gasteiger partial charge in [0, 0.05) is 25.2 Å². The van der Waals surface area contributed by atoms with Crippen molar-refractivity contribution in [1.82, 2.24) is 5.48 Å². The van der Waals surface area contributed by atoms with Crippen molar-refractivity contribution in [3.63, 3.8) is 0 Å². The average molecular weight is 1050 g/mol. The minimum atomic E-state index is -8.73. The van der Waals surface area contributed by atoms with Crippen LogP contribution in [-0.4, -0.2) is 99.6 Å². The van der Waals surface area contributed by atoms with Crippen LogP contribution in [0.15, 0.2) is 54.1 Å². The van der Waals surface area contributed by atoms with Gasteiger partial charge in [-0.05, 0) is 66.7 Å². The normalized spacial score (nSPS) is 15.0. The maximum atomic E-state index is 15.0. The molecule has 0 bridgehead atoms. The molecule has 2 atom stereocenters. The Morgan fingerprint density at radius 2 is 1.23 bits per heavy atom. The van der Waals surface area contributed by atoms with E-state index < -0.39 is 134 Å². The highest BCUT2D eigenvalue weighted by molar-refractivity contribution is 6.76. The first-order valence-corrected chi connectivity index (χ1v) is 22.2. The van der Waals surface area contributed by atoms with Crippen LogP contribution in [0.5, 0.6) is 5.75 Å². The molecule has 69 heavy (non-hydrogen) atoms. The predicted molar refractivity (Wildman–Crippen MR) is 207 cm³/mol.